The number of fused-ring (bicyclic) bond motifs is 1. The van der Waals surface area contributed by atoms with Crippen molar-refractivity contribution in [2.24, 2.45) is 10.9 Å². The highest BCUT2D eigenvalue weighted by Gasteiger charge is 2.26. The molecule has 0 unspecified atom stereocenters. The third kappa shape index (κ3) is 5.20. The minimum Gasteiger partial charge on any atom is -0.393 e. The number of aliphatic imine (C=N–C) groups is 1. The fraction of sp³-hybridized carbons (Fsp3) is 0.458. The van der Waals surface area contributed by atoms with Crippen molar-refractivity contribution in [2.45, 2.75) is 50.7 Å². The second-order valence-corrected chi connectivity index (χ2v) is 8.88. The molecular weight excluding hydrogens is 428 g/mol. The highest BCUT2D eigenvalue weighted by atomic mass is 19.1. The maximum Gasteiger partial charge on any atom is 0.223 e. The Kier molecular flexibility index (Phi) is 6.32. The van der Waals surface area contributed by atoms with Gasteiger partial charge in [-0.05, 0) is 50.3 Å². The fourth-order valence-corrected chi connectivity index (χ4v) is 4.57. The summed E-state index contributed by atoms with van der Waals surface area (Å²) in [4.78, 5) is 13.7. The number of nitrogens with zero attached hydrogens (tertiary/aromatic N) is 3. The summed E-state index contributed by atoms with van der Waals surface area (Å²) in [6.45, 7) is 1.32. The van der Waals surface area contributed by atoms with E-state index in [2.05, 4.69) is 20.6 Å². The van der Waals surface area contributed by atoms with E-state index >= 15 is 0 Å². The van der Waals surface area contributed by atoms with Gasteiger partial charge in [0.1, 0.15) is 17.3 Å². The molecule has 0 amide bonds. The molecule has 9 heteroatoms. The lowest BCUT2D eigenvalue weighted by Gasteiger charge is -2.26. The predicted octanol–water partition coefficient (Wildman–Crippen LogP) is 4.13. The average Bonchev–Trinajstić information content (AvgIpc) is 3.27. The Labute approximate surface area is 191 Å². The zero-order valence-electron chi connectivity index (χ0n) is 18.2. The van der Waals surface area contributed by atoms with Gasteiger partial charge in [0.15, 0.2) is 5.82 Å². The van der Waals surface area contributed by atoms with Gasteiger partial charge in [-0.1, -0.05) is 5.57 Å². The lowest BCUT2D eigenvalue weighted by molar-refractivity contribution is 0.126. The van der Waals surface area contributed by atoms with Crippen molar-refractivity contribution in [3.8, 4) is 0 Å². The molecule has 2 fully saturated rings. The van der Waals surface area contributed by atoms with E-state index in [4.69, 9.17) is 9.72 Å². The highest BCUT2D eigenvalue weighted by Crippen LogP contribution is 2.31. The molecule has 174 valence electrons. The van der Waals surface area contributed by atoms with Gasteiger partial charge in [0.05, 0.1) is 30.3 Å². The number of anilines is 2. The number of halogens is 2. The molecule has 3 N–H and O–H groups in total. The van der Waals surface area contributed by atoms with Crippen LogP contribution in [-0.2, 0) is 11.2 Å². The second-order valence-electron chi connectivity index (χ2n) is 8.88. The molecule has 5 rings (SSSR count). The Morgan fingerprint density at radius 3 is 2.76 bits per heavy atom. The van der Waals surface area contributed by atoms with Crippen molar-refractivity contribution in [3.05, 3.63) is 53.4 Å². The van der Waals surface area contributed by atoms with Crippen LogP contribution in [0.1, 0.15) is 37.8 Å². The van der Waals surface area contributed by atoms with Crippen LogP contribution >= 0.6 is 0 Å². The number of aliphatic hydroxyl groups is 1. The van der Waals surface area contributed by atoms with Gasteiger partial charge in [0.2, 0.25) is 5.95 Å². The number of hydrogen-bond acceptors (Lipinski definition) is 6. The zero-order chi connectivity index (χ0) is 22.8. The molecule has 1 saturated heterocycles. The summed E-state index contributed by atoms with van der Waals surface area (Å²) in [5.74, 6) is -0.125. The number of hydrogen-bond donors (Lipinski definition) is 3. The number of ether oxygens (including phenoxy) is 1. The molecule has 3 heterocycles. The van der Waals surface area contributed by atoms with Gasteiger partial charge in [-0.3, -0.25) is 0 Å². The van der Waals surface area contributed by atoms with Gasteiger partial charge < -0.3 is 20.5 Å². The standard InChI is InChI=1S/C24H27F2N5O2/c25-16-1-6-20(19(26)11-16)29-23-10-15(14-7-8-33-13-14)9-21-22(30-23)12-27-24(31-21)28-17-2-4-18(32)5-3-17/h1,6,10-12,14,17-18,32H,2-5,7-9,13H2,(H,29,30)(H,27,28,31)/t14-,17?,18?/m0/s1. The minimum atomic E-state index is -0.721. The van der Waals surface area contributed by atoms with Crippen LogP contribution in [0.2, 0.25) is 0 Å². The lowest BCUT2D eigenvalue weighted by atomic mass is 9.93. The van der Waals surface area contributed by atoms with Gasteiger partial charge in [-0.15, -0.1) is 0 Å². The first kappa shape index (κ1) is 21.9. The summed E-state index contributed by atoms with van der Waals surface area (Å²) in [6.07, 6.45) is 8.22. The predicted molar refractivity (Wildman–Crippen MR) is 122 cm³/mol. The van der Waals surface area contributed by atoms with E-state index < -0.39 is 11.6 Å². The van der Waals surface area contributed by atoms with Crippen molar-refractivity contribution in [1.82, 2.24) is 9.97 Å². The molecule has 1 atom stereocenters. The molecular formula is C24H27F2N5O2. The topological polar surface area (TPSA) is 91.7 Å². The summed E-state index contributed by atoms with van der Waals surface area (Å²) in [5, 5.41) is 16.4. The zero-order valence-corrected chi connectivity index (χ0v) is 18.2. The first-order valence-electron chi connectivity index (χ1n) is 11.4. The Morgan fingerprint density at radius 2 is 2.00 bits per heavy atom. The number of rotatable bonds is 4. The lowest BCUT2D eigenvalue weighted by Crippen LogP contribution is -2.29. The van der Waals surface area contributed by atoms with Crippen molar-refractivity contribution in [2.75, 3.05) is 23.8 Å². The molecule has 0 spiro atoms. The summed E-state index contributed by atoms with van der Waals surface area (Å²) in [5.41, 5.74) is 2.68. The molecule has 2 aromatic rings. The van der Waals surface area contributed by atoms with Gasteiger partial charge in [-0.2, -0.15) is 0 Å². The third-order valence-electron chi connectivity index (χ3n) is 6.46. The van der Waals surface area contributed by atoms with Crippen LogP contribution in [-0.4, -0.2) is 46.3 Å². The number of nitrogens with one attached hydrogen (secondary N) is 2. The monoisotopic (exact) mass is 455 g/mol. The molecule has 33 heavy (non-hydrogen) atoms. The highest BCUT2D eigenvalue weighted by molar-refractivity contribution is 6.06. The maximum absolute atomic E-state index is 14.2. The first-order valence-corrected chi connectivity index (χ1v) is 11.4. The average molecular weight is 456 g/mol. The van der Waals surface area contributed by atoms with Gasteiger partial charge in [0.25, 0.3) is 0 Å². The maximum atomic E-state index is 14.2. The Hall–Kier alpha value is -2.91. The molecule has 1 aliphatic carbocycles. The van der Waals surface area contributed by atoms with Crippen LogP contribution < -0.4 is 10.6 Å². The molecule has 2 aliphatic heterocycles. The van der Waals surface area contributed by atoms with E-state index in [9.17, 15) is 13.9 Å². The van der Waals surface area contributed by atoms with Crippen LogP contribution in [0.25, 0.3) is 0 Å². The van der Waals surface area contributed by atoms with Gasteiger partial charge >= 0.3 is 0 Å². The van der Waals surface area contributed by atoms with Crippen molar-refractivity contribution in [1.29, 1.82) is 0 Å². The molecule has 7 nitrogen and oxygen atoms in total. The Morgan fingerprint density at radius 1 is 1.15 bits per heavy atom. The molecule has 3 aliphatic rings. The van der Waals surface area contributed by atoms with Crippen LogP contribution in [0, 0.1) is 17.6 Å². The SMILES string of the molecule is OC1CCC(Nc2ncc3c(n2)CC([C@H]2CCOC2)=CC(=Nc2ccc(F)cc2F)N3)CC1. The molecule has 0 radical (unpaired) electrons. The van der Waals surface area contributed by atoms with E-state index in [-0.39, 0.29) is 23.8 Å². The number of aromatic nitrogens is 2. The normalized spacial score (nSPS) is 26.3. The minimum absolute atomic E-state index is 0.0549. The largest absolute Gasteiger partial charge is 0.393 e. The van der Waals surface area contributed by atoms with Crippen molar-refractivity contribution < 1.29 is 18.6 Å². The first-order chi connectivity index (χ1) is 16.0. The van der Waals surface area contributed by atoms with Crippen molar-refractivity contribution >= 4 is 23.2 Å². The third-order valence-corrected chi connectivity index (χ3v) is 6.46. The molecule has 1 aromatic carbocycles. The summed E-state index contributed by atoms with van der Waals surface area (Å²) >= 11 is 0. The van der Waals surface area contributed by atoms with E-state index in [1.54, 1.807) is 6.20 Å². The van der Waals surface area contributed by atoms with E-state index in [1.165, 1.54) is 12.1 Å². The summed E-state index contributed by atoms with van der Waals surface area (Å²) in [6, 6.07) is 3.57. The summed E-state index contributed by atoms with van der Waals surface area (Å²) in [7, 11) is 0. The van der Waals surface area contributed by atoms with Gasteiger partial charge in [0, 0.05) is 31.1 Å². The molecule has 0 bridgehead atoms. The van der Waals surface area contributed by atoms with Crippen LogP contribution in [0.4, 0.5) is 26.1 Å². The Bertz CT molecular complexity index is 1080. The van der Waals surface area contributed by atoms with Crippen LogP contribution in [0.5, 0.6) is 0 Å². The van der Waals surface area contributed by atoms with E-state index in [0.717, 1.165) is 49.4 Å². The number of amidine groups is 1. The number of benzene rings is 1. The smallest absolute Gasteiger partial charge is 0.223 e. The molecule has 1 aromatic heterocycles. The summed E-state index contributed by atoms with van der Waals surface area (Å²) < 4.78 is 33.1. The van der Waals surface area contributed by atoms with Crippen LogP contribution in [0.15, 0.2) is 41.0 Å². The van der Waals surface area contributed by atoms with Crippen molar-refractivity contribution in [3.63, 3.8) is 0 Å². The quantitative estimate of drug-likeness (QED) is 0.642. The Balaban J connectivity index is 1.44. The number of aliphatic hydroxyl groups excluding tert-OH is 1. The van der Waals surface area contributed by atoms with E-state index in [1.807, 2.05) is 6.08 Å². The molecule has 1 saturated carbocycles. The fourth-order valence-electron chi connectivity index (χ4n) is 4.57. The van der Waals surface area contributed by atoms with E-state index in [0.29, 0.717) is 37.1 Å². The van der Waals surface area contributed by atoms with Gasteiger partial charge in [-0.25, -0.2) is 23.7 Å². The van der Waals surface area contributed by atoms with Crippen LogP contribution in [0.3, 0.4) is 0 Å². The second kappa shape index (κ2) is 9.52.